The number of rotatable bonds is 8. The molecular weight excluding hydrogens is 372 g/mol. The van der Waals surface area contributed by atoms with Crippen LogP contribution in [0.25, 0.3) is 11.0 Å². The van der Waals surface area contributed by atoms with E-state index in [2.05, 4.69) is 4.98 Å². The molecule has 0 amide bonds. The van der Waals surface area contributed by atoms with Crippen molar-refractivity contribution in [3.8, 4) is 0 Å². The molecule has 0 saturated heterocycles. The highest BCUT2D eigenvalue weighted by molar-refractivity contribution is 8.00. The van der Waals surface area contributed by atoms with Crippen LogP contribution in [0.5, 0.6) is 0 Å². The summed E-state index contributed by atoms with van der Waals surface area (Å²) in [4.78, 5) is 29.7. The predicted octanol–water partition coefficient (Wildman–Crippen LogP) is 4.74. The lowest BCUT2D eigenvalue weighted by atomic mass is 10.1. The summed E-state index contributed by atoms with van der Waals surface area (Å²) in [6.45, 7) is 5.78. The van der Waals surface area contributed by atoms with Gasteiger partial charge in [-0.15, -0.1) is 0 Å². The number of aromatic nitrogens is 2. The average Bonchev–Trinajstić information content (AvgIpc) is 3.04. The van der Waals surface area contributed by atoms with E-state index >= 15 is 0 Å². The molecule has 0 N–H and O–H groups in total. The van der Waals surface area contributed by atoms with E-state index in [4.69, 9.17) is 4.74 Å². The van der Waals surface area contributed by atoms with Crippen LogP contribution in [0.2, 0.25) is 0 Å². The minimum atomic E-state index is -0.330. The van der Waals surface area contributed by atoms with E-state index in [1.807, 2.05) is 79.9 Å². The van der Waals surface area contributed by atoms with Crippen molar-refractivity contribution in [3.63, 3.8) is 0 Å². The molecule has 0 bridgehead atoms. The Kier molecular flexibility index (Phi) is 6.52. The van der Waals surface area contributed by atoms with Crippen LogP contribution in [0.15, 0.2) is 59.8 Å². The van der Waals surface area contributed by atoms with Crippen molar-refractivity contribution in [3.05, 3.63) is 60.2 Å². The third-order valence-corrected chi connectivity index (χ3v) is 5.61. The highest BCUT2D eigenvalue weighted by Gasteiger charge is 2.22. The first-order valence-corrected chi connectivity index (χ1v) is 10.3. The molecule has 0 radical (unpaired) electrons. The number of hydrogen-bond donors (Lipinski definition) is 0. The number of carbonyl (C=O) groups is 2. The molecule has 0 aliphatic rings. The number of nitrogens with zero attached hydrogens (tertiary/aromatic N) is 2. The van der Waals surface area contributed by atoms with Gasteiger partial charge in [0, 0.05) is 5.56 Å². The number of ketones is 1. The minimum absolute atomic E-state index is 0.0337. The van der Waals surface area contributed by atoms with Crippen molar-refractivity contribution in [1.29, 1.82) is 0 Å². The van der Waals surface area contributed by atoms with Crippen LogP contribution in [-0.4, -0.2) is 32.7 Å². The van der Waals surface area contributed by atoms with E-state index in [1.54, 1.807) is 0 Å². The SMILES string of the molecule is CCC(C)OC(=O)Cn1c(SC(C)C(=O)c2ccccc2)nc2ccccc21. The maximum Gasteiger partial charge on any atom is 0.326 e. The fourth-order valence-electron chi connectivity index (χ4n) is 2.82. The summed E-state index contributed by atoms with van der Waals surface area (Å²) in [6, 6.07) is 16.9. The molecule has 5 nitrogen and oxygen atoms in total. The Balaban J connectivity index is 1.86. The first kappa shape index (κ1) is 20.1. The molecule has 3 rings (SSSR count). The summed E-state index contributed by atoms with van der Waals surface area (Å²) in [5.41, 5.74) is 2.31. The van der Waals surface area contributed by atoms with Gasteiger partial charge in [0.05, 0.1) is 22.4 Å². The topological polar surface area (TPSA) is 61.2 Å². The molecule has 0 saturated carbocycles. The molecule has 0 fully saturated rings. The minimum Gasteiger partial charge on any atom is -0.461 e. The van der Waals surface area contributed by atoms with Gasteiger partial charge in [-0.3, -0.25) is 9.59 Å². The monoisotopic (exact) mass is 396 g/mol. The Morgan fingerprint density at radius 1 is 1.07 bits per heavy atom. The van der Waals surface area contributed by atoms with Gasteiger partial charge in [-0.1, -0.05) is 61.2 Å². The van der Waals surface area contributed by atoms with E-state index in [0.717, 1.165) is 17.5 Å². The molecule has 28 heavy (non-hydrogen) atoms. The molecular formula is C22H24N2O3S. The number of benzene rings is 2. The molecule has 2 aromatic carbocycles. The molecule has 2 unspecified atom stereocenters. The zero-order chi connectivity index (χ0) is 20.1. The maximum atomic E-state index is 12.7. The summed E-state index contributed by atoms with van der Waals surface area (Å²) in [5, 5.41) is 0.308. The Morgan fingerprint density at radius 2 is 1.75 bits per heavy atom. The van der Waals surface area contributed by atoms with Crippen molar-refractivity contribution in [2.24, 2.45) is 0 Å². The lowest BCUT2D eigenvalue weighted by molar-refractivity contribution is -0.149. The van der Waals surface area contributed by atoms with Crippen LogP contribution in [0, 0.1) is 0 Å². The maximum absolute atomic E-state index is 12.7. The molecule has 0 spiro atoms. The number of hydrogen-bond acceptors (Lipinski definition) is 5. The zero-order valence-electron chi connectivity index (χ0n) is 16.3. The first-order chi connectivity index (χ1) is 13.5. The van der Waals surface area contributed by atoms with Crippen LogP contribution >= 0.6 is 11.8 Å². The fourth-order valence-corrected chi connectivity index (χ4v) is 3.82. The van der Waals surface area contributed by atoms with Crippen molar-refractivity contribution < 1.29 is 14.3 Å². The number of thioether (sulfide) groups is 1. The second-order valence-electron chi connectivity index (χ2n) is 6.67. The van der Waals surface area contributed by atoms with Crippen LogP contribution in [0.1, 0.15) is 37.6 Å². The summed E-state index contributed by atoms with van der Waals surface area (Å²) in [7, 11) is 0. The molecule has 0 aliphatic heterocycles. The van der Waals surface area contributed by atoms with E-state index < -0.39 is 0 Å². The van der Waals surface area contributed by atoms with E-state index in [9.17, 15) is 9.59 Å². The number of esters is 1. The number of carbonyl (C=O) groups excluding carboxylic acids is 2. The van der Waals surface area contributed by atoms with Crippen molar-refractivity contribution >= 4 is 34.5 Å². The second kappa shape index (κ2) is 9.06. The molecule has 1 heterocycles. The smallest absolute Gasteiger partial charge is 0.326 e. The highest BCUT2D eigenvalue weighted by Crippen LogP contribution is 2.29. The van der Waals surface area contributed by atoms with Crippen molar-refractivity contribution in [2.75, 3.05) is 0 Å². The van der Waals surface area contributed by atoms with Gasteiger partial charge in [-0.2, -0.15) is 0 Å². The van der Waals surface area contributed by atoms with E-state index in [1.165, 1.54) is 11.8 Å². The number of para-hydroxylation sites is 2. The molecule has 2 atom stereocenters. The molecule has 6 heteroatoms. The van der Waals surface area contributed by atoms with Gasteiger partial charge in [-0.25, -0.2) is 4.98 Å². The van der Waals surface area contributed by atoms with Gasteiger partial charge >= 0.3 is 5.97 Å². The third kappa shape index (κ3) is 4.62. The van der Waals surface area contributed by atoms with Gasteiger partial charge in [0.1, 0.15) is 6.54 Å². The van der Waals surface area contributed by atoms with Crippen LogP contribution in [-0.2, 0) is 16.1 Å². The van der Waals surface area contributed by atoms with Crippen molar-refractivity contribution in [2.45, 2.75) is 50.2 Å². The highest BCUT2D eigenvalue weighted by atomic mass is 32.2. The second-order valence-corrected chi connectivity index (χ2v) is 7.98. The van der Waals surface area contributed by atoms with E-state index in [-0.39, 0.29) is 29.7 Å². The van der Waals surface area contributed by atoms with E-state index in [0.29, 0.717) is 10.7 Å². The number of fused-ring (bicyclic) bond motifs is 1. The first-order valence-electron chi connectivity index (χ1n) is 9.40. The zero-order valence-corrected chi connectivity index (χ0v) is 17.1. The van der Waals surface area contributed by atoms with Crippen LogP contribution in [0.4, 0.5) is 0 Å². The fraction of sp³-hybridized carbons (Fsp3) is 0.318. The Hall–Kier alpha value is -2.60. The summed E-state index contributed by atoms with van der Waals surface area (Å²) in [5.74, 6) is -0.271. The summed E-state index contributed by atoms with van der Waals surface area (Å²) >= 11 is 1.36. The molecule has 1 aromatic heterocycles. The van der Waals surface area contributed by atoms with Crippen LogP contribution in [0.3, 0.4) is 0 Å². The number of ether oxygens (including phenoxy) is 1. The number of imidazole rings is 1. The quantitative estimate of drug-likeness (QED) is 0.313. The Morgan fingerprint density at radius 3 is 2.46 bits per heavy atom. The van der Waals surface area contributed by atoms with Crippen molar-refractivity contribution in [1.82, 2.24) is 9.55 Å². The Bertz CT molecular complexity index is 968. The lowest BCUT2D eigenvalue weighted by Gasteiger charge is -2.14. The molecule has 146 valence electrons. The predicted molar refractivity (Wildman–Crippen MR) is 112 cm³/mol. The largest absolute Gasteiger partial charge is 0.461 e. The molecule has 3 aromatic rings. The van der Waals surface area contributed by atoms with Gasteiger partial charge in [-0.05, 0) is 32.4 Å². The molecule has 0 aliphatic carbocycles. The standard InChI is InChI=1S/C22H24N2O3S/c1-4-15(2)27-20(25)14-24-19-13-9-8-12-18(19)23-22(24)28-16(3)21(26)17-10-6-5-7-11-17/h5-13,15-16H,4,14H2,1-3H3. The van der Waals surface area contributed by atoms with Gasteiger partial charge < -0.3 is 9.30 Å². The van der Waals surface area contributed by atoms with Gasteiger partial charge in [0.25, 0.3) is 0 Å². The normalized spacial score (nSPS) is 13.2. The Labute approximate surface area is 169 Å². The number of Topliss-reactive ketones (excluding diaryl/α,β-unsaturated/α-hetero) is 1. The third-order valence-electron chi connectivity index (χ3n) is 4.52. The van der Waals surface area contributed by atoms with Gasteiger partial charge in [0.15, 0.2) is 10.9 Å². The summed E-state index contributed by atoms with van der Waals surface area (Å²) in [6.07, 6.45) is 0.637. The average molecular weight is 397 g/mol. The van der Waals surface area contributed by atoms with Gasteiger partial charge in [0.2, 0.25) is 0 Å². The lowest BCUT2D eigenvalue weighted by Crippen LogP contribution is -2.20. The van der Waals surface area contributed by atoms with Crippen LogP contribution < -0.4 is 0 Å². The summed E-state index contributed by atoms with van der Waals surface area (Å²) < 4.78 is 7.27.